The average molecular weight is 485 g/mol. The Balaban J connectivity index is 1.50. The maximum atomic E-state index is 12.6. The summed E-state index contributed by atoms with van der Waals surface area (Å²) in [5.41, 5.74) is 1.26. The molecule has 0 spiro atoms. The highest BCUT2D eigenvalue weighted by atomic mass is 35.5. The number of rotatable bonds is 7. The summed E-state index contributed by atoms with van der Waals surface area (Å²) in [6, 6.07) is 11.3. The lowest BCUT2D eigenvalue weighted by Gasteiger charge is -2.35. The summed E-state index contributed by atoms with van der Waals surface area (Å²) < 4.78 is 47.0. The molecule has 1 fully saturated rings. The van der Waals surface area contributed by atoms with Crippen molar-refractivity contribution in [3.8, 4) is 11.5 Å². The Morgan fingerprint density at radius 2 is 1.70 bits per heavy atom. The van der Waals surface area contributed by atoms with Crippen LogP contribution in [0.15, 0.2) is 42.5 Å². The Labute approximate surface area is 194 Å². The van der Waals surface area contributed by atoms with Crippen LogP contribution >= 0.6 is 11.6 Å². The van der Waals surface area contributed by atoms with Crippen molar-refractivity contribution in [1.29, 1.82) is 0 Å². The van der Waals surface area contributed by atoms with Crippen molar-refractivity contribution >= 4 is 23.4 Å². The van der Waals surface area contributed by atoms with Crippen LogP contribution in [0.4, 0.5) is 13.2 Å². The minimum atomic E-state index is -4.45. The molecule has 0 saturated carbocycles. The minimum absolute atomic E-state index is 0.00889. The van der Waals surface area contributed by atoms with E-state index >= 15 is 0 Å². The highest BCUT2D eigenvalue weighted by Crippen LogP contribution is 2.30. The summed E-state index contributed by atoms with van der Waals surface area (Å²) in [5.74, 6) is -0.00604. The molecule has 178 valence electrons. The zero-order chi connectivity index (χ0) is 24.0. The van der Waals surface area contributed by atoms with Crippen molar-refractivity contribution in [3.05, 3.63) is 58.6 Å². The lowest BCUT2D eigenvalue weighted by atomic mass is 10.1. The lowest BCUT2D eigenvalue weighted by Crippen LogP contribution is -2.50. The molecule has 0 N–H and O–H groups in total. The average Bonchev–Trinajstić information content (AvgIpc) is 2.80. The quantitative estimate of drug-likeness (QED) is 0.591. The summed E-state index contributed by atoms with van der Waals surface area (Å²) in [4.78, 5) is 28.6. The molecular weight excluding hydrogens is 461 g/mol. The van der Waals surface area contributed by atoms with Gasteiger partial charge in [-0.3, -0.25) is 9.59 Å². The van der Waals surface area contributed by atoms with Gasteiger partial charge >= 0.3 is 6.18 Å². The zero-order valence-corrected chi connectivity index (χ0v) is 18.8. The first kappa shape index (κ1) is 24.7. The van der Waals surface area contributed by atoms with E-state index in [4.69, 9.17) is 21.1 Å². The number of carbonyl (C=O) groups is 2. The first-order chi connectivity index (χ1) is 15.7. The van der Waals surface area contributed by atoms with E-state index in [1.165, 1.54) is 13.2 Å². The van der Waals surface area contributed by atoms with Gasteiger partial charge in [-0.15, -0.1) is 0 Å². The van der Waals surface area contributed by atoms with Gasteiger partial charge in [0.2, 0.25) is 5.91 Å². The van der Waals surface area contributed by atoms with Crippen LogP contribution in [0, 0.1) is 0 Å². The fraction of sp³-hybridized carbons (Fsp3) is 0.391. The number of aryl methyl sites for hydroxylation is 1. The Morgan fingerprint density at radius 3 is 2.33 bits per heavy atom. The van der Waals surface area contributed by atoms with Gasteiger partial charge in [-0.05, 0) is 42.3 Å². The molecule has 2 amide bonds. The van der Waals surface area contributed by atoms with Crippen LogP contribution in [-0.4, -0.2) is 67.7 Å². The third-order valence-corrected chi connectivity index (χ3v) is 5.47. The SMILES string of the molecule is COc1cc(CCC(=O)N2CCN(C(=O)c3cccc(Cl)c3)CC2)ccc1OCC(F)(F)F. The van der Waals surface area contributed by atoms with Gasteiger partial charge in [0, 0.05) is 43.2 Å². The molecule has 0 unspecified atom stereocenters. The van der Waals surface area contributed by atoms with E-state index in [0.29, 0.717) is 43.2 Å². The highest BCUT2D eigenvalue weighted by molar-refractivity contribution is 6.30. The number of hydrogen-bond donors (Lipinski definition) is 0. The molecule has 0 atom stereocenters. The van der Waals surface area contributed by atoms with Gasteiger partial charge < -0.3 is 19.3 Å². The first-order valence-corrected chi connectivity index (χ1v) is 10.7. The number of alkyl halides is 3. The van der Waals surface area contributed by atoms with Crippen molar-refractivity contribution < 1.29 is 32.2 Å². The Kier molecular flexibility index (Phi) is 8.07. The number of benzene rings is 2. The number of carbonyl (C=O) groups excluding carboxylic acids is 2. The fourth-order valence-corrected chi connectivity index (χ4v) is 3.71. The lowest BCUT2D eigenvalue weighted by molar-refractivity contribution is -0.153. The zero-order valence-electron chi connectivity index (χ0n) is 18.0. The maximum Gasteiger partial charge on any atom is 0.422 e. The van der Waals surface area contributed by atoms with Gasteiger partial charge in [-0.25, -0.2) is 0 Å². The Morgan fingerprint density at radius 1 is 1.00 bits per heavy atom. The smallest absolute Gasteiger partial charge is 0.422 e. The number of amides is 2. The van der Waals surface area contributed by atoms with Gasteiger partial charge in [0.05, 0.1) is 7.11 Å². The predicted molar refractivity (Wildman–Crippen MR) is 117 cm³/mol. The molecule has 1 saturated heterocycles. The van der Waals surface area contributed by atoms with Crippen molar-refractivity contribution in [2.24, 2.45) is 0 Å². The molecule has 1 heterocycles. The van der Waals surface area contributed by atoms with E-state index in [0.717, 1.165) is 5.56 Å². The molecule has 10 heteroatoms. The number of halogens is 4. The molecular formula is C23H24ClF3N2O4. The van der Waals surface area contributed by atoms with E-state index in [2.05, 4.69) is 0 Å². The minimum Gasteiger partial charge on any atom is -0.493 e. The predicted octanol–water partition coefficient (Wildman–Crippen LogP) is 4.21. The van der Waals surface area contributed by atoms with Crippen LogP contribution in [0.1, 0.15) is 22.3 Å². The highest BCUT2D eigenvalue weighted by Gasteiger charge is 2.29. The van der Waals surface area contributed by atoms with Crippen LogP contribution in [0.5, 0.6) is 11.5 Å². The van der Waals surface area contributed by atoms with Crippen LogP contribution in [0.3, 0.4) is 0 Å². The number of ether oxygens (including phenoxy) is 2. The van der Waals surface area contributed by atoms with E-state index in [-0.39, 0.29) is 29.7 Å². The van der Waals surface area contributed by atoms with E-state index in [9.17, 15) is 22.8 Å². The third kappa shape index (κ3) is 7.02. The molecule has 0 bridgehead atoms. The van der Waals surface area contributed by atoms with Crippen molar-refractivity contribution in [1.82, 2.24) is 9.80 Å². The summed E-state index contributed by atoms with van der Waals surface area (Å²) >= 11 is 5.96. The van der Waals surface area contributed by atoms with E-state index in [1.807, 2.05) is 0 Å². The normalized spacial score (nSPS) is 14.2. The van der Waals surface area contributed by atoms with Crippen molar-refractivity contribution in [3.63, 3.8) is 0 Å². The van der Waals surface area contributed by atoms with Crippen molar-refractivity contribution in [2.75, 3.05) is 39.9 Å². The number of piperazine rings is 1. The summed E-state index contributed by atoms with van der Waals surface area (Å²) in [5, 5.41) is 0.492. The molecule has 2 aromatic carbocycles. The monoisotopic (exact) mass is 484 g/mol. The molecule has 0 aliphatic carbocycles. The Bertz CT molecular complexity index is 992. The van der Waals surface area contributed by atoms with Gasteiger partial charge in [0.15, 0.2) is 18.1 Å². The summed E-state index contributed by atoms with van der Waals surface area (Å²) in [6.45, 7) is 0.302. The second-order valence-corrected chi connectivity index (χ2v) is 8.01. The molecule has 0 radical (unpaired) electrons. The van der Waals surface area contributed by atoms with Crippen LogP contribution in [0.25, 0.3) is 0 Å². The fourth-order valence-electron chi connectivity index (χ4n) is 3.52. The number of hydrogen-bond acceptors (Lipinski definition) is 4. The topological polar surface area (TPSA) is 59.1 Å². The second-order valence-electron chi connectivity index (χ2n) is 7.57. The molecule has 33 heavy (non-hydrogen) atoms. The van der Waals surface area contributed by atoms with E-state index in [1.54, 1.807) is 46.2 Å². The van der Waals surface area contributed by atoms with Gasteiger partial charge in [0.1, 0.15) is 0 Å². The van der Waals surface area contributed by atoms with E-state index < -0.39 is 12.8 Å². The molecule has 3 rings (SSSR count). The van der Waals surface area contributed by atoms with Gasteiger partial charge in [-0.2, -0.15) is 13.2 Å². The maximum absolute atomic E-state index is 12.6. The number of methoxy groups -OCH3 is 1. The molecule has 1 aliphatic heterocycles. The first-order valence-electron chi connectivity index (χ1n) is 10.4. The molecule has 0 aromatic heterocycles. The third-order valence-electron chi connectivity index (χ3n) is 5.24. The van der Waals surface area contributed by atoms with Gasteiger partial charge in [-0.1, -0.05) is 23.7 Å². The summed E-state index contributed by atoms with van der Waals surface area (Å²) in [6.07, 6.45) is -3.82. The number of nitrogens with zero attached hydrogens (tertiary/aromatic N) is 2. The van der Waals surface area contributed by atoms with Crippen LogP contribution in [-0.2, 0) is 11.2 Å². The summed E-state index contributed by atoms with van der Waals surface area (Å²) in [7, 11) is 1.34. The van der Waals surface area contributed by atoms with Crippen molar-refractivity contribution in [2.45, 2.75) is 19.0 Å². The van der Waals surface area contributed by atoms with Crippen LogP contribution in [0.2, 0.25) is 5.02 Å². The second kappa shape index (κ2) is 10.8. The molecule has 1 aliphatic rings. The van der Waals surface area contributed by atoms with Crippen LogP contribution < -0.4 is 9.47 Å². The molecule has 2 aromatic rings. The largest absolute Gasteiger partial charge is 0.493 e. The van der Waals surface area contributed by atoms with Gasteiger partial charge in [0.25, 0.3) is 5.91 Å². The molecule has 6 nitrogen and oxygen atoms in total. The standard InChI is InChI=1S/C23H24ClF3N2O4/c1-32-20-13-16(5-7-19(20)33-15-23(25,26)27)6-8-21(30)28-9-11-29(12-10-28)22(31)17-3-2-4-18(24)14-17/h2-5,7,13-14H,6,8-12,15H2,1H3. The Hall–Kier alpha value is -2.94.